The highest BCUT2D eigenvalue weighted by molar-refractivity contribution is 5.85. The summed E-state index contributed by atoms with van der Waals surface area (Å²) in [4.78, 5) is 2.24. The van der Waals surface area contributed by atoms with E-state index in [4.69, 9.17) is 10.5 Å². The Balaban J connectivity index is 0.00000162. The average Bonchev–Trinajstić information content (AvgIpc) is 2.27. The van der Waals surface area contributed by atoms with Crippen LogP contribution in [0.3, 0.4) is 0 Å². The number of nitrogens with two attached hydrogens (primary N) is 1. The van der Waals surface area contributed by atoms with Crippen molar-refractivity contribution < 1.29 is 4.74 Å². The van der Waals surface area contributed by atoms with Gasteiger partial charge in [0.15, 0.2) is 5.82 Å². The number of hydrogen-bond donors (Lipinski definition) is 1. The Kier molecular flexibility index (Phi) is 5.31. The third kappa shape index (κ3) is 3.31. The molecule has 0 saturated carbocycles. The number of anilines is 1. The van der Waals surface area contributed by atoms with E-state index in [2.05, 4.69) is 28.9 Å². The van der Waals surface area contributed by atoms with Gasteiger partial charge in [-0.2, -0.15) is 5.10 Å². The zero-order valence-electron chi connectivity index (χ0n) is 11.1. The topological polar surface area (TPSA) is 64.3 Å². The highest BCUT2D eigenvalue weighted by Gasteiger charge is 2.24. The van der Waals surface area contributed by atoms with Crippen molar-refractivity contribution in [2.75, 3.05) is 18.0 Å². The normalized spacial score (nSPS) is 23.7. The summed E-state index contributed by atoms with van der Waals surface area (Å²) in [6, 6.07) is 2.01. The van der Waals surface area contributed by atoms with Crippen molar-refractivity contribution in [1.29, 1.82) is 0 Å². The Morgan fingerprint density at radius 2 is 1.94 bits per heavy atom. The number of ether oxygens (including phenoxy) is 1. The Morgan fingerprint density at radius 1 is 1.33 bits per heavy atom. The van der Waals surface area contributed by atoms with Gasteiger partial charge in [0, 0.05) is 19.6 Å². The van der Waals surface area contributed by atoms with Crippen LogP contribution in [-0.2, 0) is 11.3 Å². The fourth-order valence-corrected chi connectivity index (χ4v) is 2.30. The summed E-state index contributed by atoms with van der Waals surface area (Å²) in [6.45, 7) is 8.38. The minimum Gasteiger partial charge on any atom is -0.372 e. The van der Waals surface area contributed by atoms with Crippen molar-refractivity contribution in [1.82, 2.24) is 10.2 Å². The van der Waals surface area contributed by atoms with Gasteiger partial charge < -0.3 is 15.4 Å². The lowest BCUT2D eigenvalue weighted by atomic mass is 10.2. The maximum atomic E-state index is 5.71. The predicted octanol–water partition coefficient (Wildman–Crippen LogP) is 1.28. The predicted molar refractivity (Wildman–Crippen MR) is 74.1 cm³/mol. The molecule has 2 heterocycles. The minimum atomic E-state index is 0. The molecule has 0 unspecified atom stereocenters. The van der Waals surface area contributed by atoms with Crippen LogP contribution in [0.25, 0.3) is 0 Å². The lowest BCUT2D eigenvalue weighted by Crippen LogP contribution is -2.46. The monoisotopic (exact) mass is 272 g/mol. The Labute approximate surface area is 114 Å². The van der Waals surface area contributed by atoms with Crippen LogP contribution in [0, 0.1) is 6.92 Å². The van der Waals surface area contributed by atoms with Crippen molar-refractivity contribution in [3.63, 3.8) is 0 Å². The second kappa shape index (κ2) is 6.31. The van der Waals surface area contributed by atoms with Crippen LogP contribution < -0.4 is 10.6 Å². The molecule has 6 heteroatoms. The lowest BCUT2D eigenvalue weighted by Gasteiger charge is -2.36. The standard InChI is InChI=1S/C12H20N4O.ClH/c1-8-4-11(5-13)14-15-12(8)16-6-9(2)17-10(3)7-16;/h4,9-10H,5-7,13H2,1-3H3;1H/t9-,10-;/m1./s1. The van der Waals surface area contributed by atoms with Crippen LogP contribution in [0.1, 0.15) is 25.1 Å². The minimum absolute atomic E-state index is 0. The number of hydrogen-bond acceptors (Lipinski definition) is 5. The van der Waals surface area contributed by atoms with E-state index in [9.17, 15) is 0 Å². The molecule has 1 aliphatic rings. The highest BCUT2D eigenvalue weighted by atomic mass is 35.5. The molecule has 2 atom stereocenters. The Bertz CT molecular complexity index is 392. The molecular formula is C12H21ClN4O. The van der Waals surface area contributed by atoms with E-state index in [-0.39, 0.29) is 24.6 Å². The van der Waals surface area contributed by atoms with Gasteiger partial charge in [-0.05, 0) is 32.4 Å². The van der Waals surface area contributed by atoms with Gasteiger partial charge in [0.1, 0.15) is 0 Å². The quantitative estimate of drug-likeness (QED) is 0.879. The molecule has 0 radical (unpaired) electrons. The first kappa shape index (κ1) is 15.1. The van der Waals surface area contributed by atoms with E-state index in [0.29, 0.717) is 6.54 Å². The highest BCUT2D eigenvalue weighted by Crippen LogP contribution is 2.21. The largest absolute Gasteiger partial charge is 0.372 e. The number of halogens is 1. The van der Waals surface area contributed by atoms with E-state index >= 15 is 0 Å². The van der Waals surface area contributed by atoms with Crippen molar-refractivity contribution in [3.8, 4) is 0 Å². The second-order valence-electron chi connectivity index (χ2n) is 4.71. The summed E-state index contributed by atoms with van der Waals surface area (Å²) in [5.74, 6) is 0.948. The molecule has 1 aliphatic heterocycles. The Morgan fingerprint density at radius 3 is 2.44 bits per heavy atom. The molecule has 2 rings (SSSR count). The van der Waals surface area contributed by atoms with E-state index in [0.717, 1.165) is 30.2 Å². The summed E-state index contributed by atoms with van der Waals surface area (Å²) in [5.41, 5.74) is 7.52. The first-order valence-corrected chi connectivity index (χ1v) is 6.04. The summed E-state index contributed by atoms with van der Waals surface area (Å²) < 4.78 is 5.71. The number of rotatable bonds is 2. The van der Waals surface area contributed by atoms with Gasteiger partial charge in [-0.1, -0.05) is 0 Å². The second-order valence-corrected chi connectivity index (χ2v) is 4.71. The van der Waals surface area contributed by atoms with Crippen molar-refractivity contribution in [3.05, 3.63) is 17.3 Å². The molecule has 1 aromatic heterocycles. The van der Waals surface area contributed by atoms with Crippen LogP contribution in [0.2, 0.25) is 0 Å². The van der Waals surface area contributed by atoms with Crippen molar-refractivity contribution in [2.24, 2.45) is 5.73 Å². The molecule has 1 fully saturated rings. The van der Waals surface area contributed by atoms with Crippen LogP contribution >= 0.6 is 12.4 Å². The van der Waals surface area contributed by atoms with Crippen molar-refractivity contribution in [2.45, 2.75) is 39.5 Å². The molecule has 0 amide bonds. The maximum Gasteiger partial charge on any atom is 0.154 e. The zero-order valence-corrected chi connectivity index (χ0v) is 11.9. The van der Waals surface area contributed by atoms with Crippen molar-refractivity contribution >= 4 is 18.2 Å². The fraction of sp³-hybridized carbons (Fsp3) is 0.667. The van der Waals surface area contributed by atoms with Crippen LogP contribution in [0.4, 0.5) is 5.82 Å². The molecule has 0 bridgehead atoms. The molecule has 1 aromatic rings. The van der Waals surface area contributed by atoms with E-state index in [1.54, 1.807) is 0 Å². The van der Waals surface area contributed by atoms with Gasteiger partial charge in [0.05, 0.1) is 17.9 Å². The number of aromatic nitrogens is 2. The maximum absolute atomic E-state index is 5.71. The molecule has 0 aromatic carbocycles. The third-order valence-electron chi connectivity index (χ3n) is 2.94. The Hall–Kier alpha value is -0.910. The smallest absolute Gasteiger partial charge is 0.154 e. The molecule has 102 valence electrons. The van der Waals surface area contributed by atoms with Gasteiger partial charge >= 0.3 is 0 Å². The zero-order chi connectivity index (χ0) is 12.4. The molecule has 1 saturated heterocycles. The van der Waals surface area contributed by atoms with Crippen LogP contribution in [0.15, 0.2) is 6.07 Å². The number of aryl methyl sites for hydroxylation is 1. The first-order chi connectivity index (χ1) is 8.10. The molecule has 2 N–H and O–H groups in total. The van der Waals surface area contributed by atoms with Gasteiger partial charge in [0.25, 0.3) is 0 Å². The first-order valence-electron chi connectivity index (χ1n) is 6.04. The van der Waals surface area contributed by atoms with Gasteiger partial charge in [0.2, 0.25) is 0 Å². The van der Waals surface area contributed by atoms with Gasteiger partial charge in [-0.3, -0.25) is 0 Å². The van der Waals surface area contributed by atoms with Crippen LogP contribution in [0.5, 0.6) is 0 Å². The molecule has 5 nitrogen and oxygen atoms in total. The van der Waals surface area contributed by atoms with Crippen LogP contribution in [-0.4, -0.2) is 35.5 Å². The third-order valence-corrected chi connectivity index (χ3v) is 2.94. The van der Waals surface area contributed by atoms with E-state index in [1.165, 1.54) is 0 Å². The van der Waals surface area contributed by atoms with Gasteiger partial charge in [-0.15, -0.1) is 17.5 Å². The number of nitrogens with zero attached hydrogens (tertiary/aromatic N) is 3. The summed E-state index contributed by atoms with van der Waals surface area (Å²) >= 11 is 0. The van der Waals surface area contributed by atoms with E-state index in [1.807, 2.05) is 13.0 Å². The molecular weight excluding hydrogens is 252 g/mol. The number of morpholine rings is 1. The average molecular weight is 273 g/mol. The SMILES string of the molecule is Cc1cc(CN)nnc1N1C[C@@H](C)O[C@H](C)C1.Cl. The summed E-state index contributed by atoms with van der Waals surface area (Å²) in [7, 11) is 0. The molecule has 18 heavy (non-hydrogen) atoms. The summed E-state index contributed by atoms with van der Waals surface area (Å²) in [5, 5.41) is 8.41. The lowest BCUT2D eigenvalue weighted by molar-refractivity contribution is -0.00553. The van der Waals surface area contributed by atoms with E-state index < -0.39 is 0 Å². The summed E-state index contributed by atoms with van der Waals surface area (Å²) in [6.07, 6.45) is 0.461. The molecule has 0 aliphatic carbocycles. The molecule has 0 spiro atoms. The van der Waals surface area contributed by atoms with Gasteiger partial charge in [-0.25, -0.2) is 0 Å². The fourth-order valence-electron chi connectivity index (χ4n) is 2.30.